The van der Waals surface area contributed by atoms with E-state index in [1.54, 1.807) is 13.8 Å². The van der Waals surface area contributed by atoms with Gasteiger partial charge in [-0.25, -0.2) is 4.79 Å². The Bertz CT molecular complexity index is 395. The van der Waals surface area contributed by atoms with E-state index >= 15 is 0 Å². The van der Waals surface area contributed by atoms with Crippen molar-refractivity contribution in [3.05, 3.63) is 17.0 Å². The molecule has 0 saturated heterocycles. The molecule has 6 heteroatoms. The minimum Gasteiger partial charge on any atom is -0.477 e. The van der Waals surface area contributed by atoms with E-state index in [0.29, 0.717) is 0 Å². The van der Waals surface area contributed by atoms with Crippen LogP contribution >= 0.6 is 0 Å². The van der Waals surface area contributed by atoms with Gasteiger partial charge in [-0.1, -0.05) is 5.16 Å². The van der Waals surface area contributed by atoms with Crippen molar-refractivity contribution in [2.45, 2.75) is 26.8 Å². The van der Waals surface area contributed by atoms with Gasteiger partial charge < -0.3 is 14.9 Å². The second-order valence-corrected chi connectivity index (χ2v) is 3.40. The lowest BCUT2D eigenvalue weighted by Gasteiger charge is -2.05. The molecule has 0 aromatic carbocycles. The fourth-order valence-electron chi connectivity index (χ4n) is 1.11. The van der Waals surface area contributed by atoms with Gasteiger partial charge in [0.25, 0.3) is 5.91 Å². The van der Waals surface area contributed by atoms with Crippen LogP contribution in [0.15, 0.2) is 4.52 Å². The molecule has 0 atom stereocenters. The number of hydrogen-bond donors (Lipinski definition) is 2. The number of carboxylic acid groups (broad SMARTS) is 1. The zero-order valence-electron chi connectivity index (χ0n) is 8.70. The van der Waals surface area contributed by atoms with Gasteiger partial charge in [-0.2, -0.15) is 0 Å². The van der Waals surface area contributed by atoms with E-state index in [0.717, 1.165) is 0 Å². The molecule has 1 aromatic heterocycles. The monoisotopic (exact) mass is 212 g/mol. The largest absolute Gasteiger partial charge is 0.477 e. The Kier molecular flexibility index (Phi) is 3.08. The predicted octanol–water partition coefficient (Wildman–Crippen LogP) is 0.819. The average Bonchev–Trinajstić information content (AvgIpc) is 2.45. The van der Waals surface area contributed by atoms with E-state index in [1.807, 2.05) is 0 Å². The fraction of sp³-hybridized carbons (Fsp3) is 0.444. The highest BCUT2D eigenvalue weighted by molar-refractivity contribution is 6.03. The minimum atomic E-state index is -1.22. The molecule has 0 aliphatic rings. The Hall–Kier alpha value is -1.85. The van der Waals surface area contributed by atoms with Gasteiger partial charge in [-0.3, -0.25) is 4.79 Å². The van der Waals surface area contributed by atoms with Gasteiger partial charge in [0.15, 0.2) is 5.69 Å². The summed E-state index contributed by atoms with van der Waals surface area (Å²) in [7, 11) is 0. The molecular weight excluding hydrogens is 200 g/mol. The number of nitrogens with one attached hydrogen (secondary N) is 1. The van der Waals surface area contributed by atoms with Crippen LogP contribution < -0.4 is 5.32 Å². The highest BCUT2D eigenvalue weighted by Crippen LogP contribution is 2.13. The Morgan fingerprint density at radius 2 is 2.07 bits per heavy atom. The molecule has 0 unspecified atom stereocenters. The number of hydrogen-bond acceptors (Lipinski definition) is 4. The van der Waals surface area contributed by atoms with Crippen LogP contribution in [0.3, 0.4) is 0 Å². The van der Waals surface area contributed by atoms with Gasteiger partial charge in [0, 0.05) is 6.04 Å². The number of carbonyl (C=O) groups is 2. The first-order chi connectivity index (χ1) is 6.93. The molecule has 82 valence electrons. The Morgan fingerprint density at radius 3 is 2.53 bits per heavy atom. The number of amides is 1. The van der Waals surface area contributed by atoms with Gasteiger partial charge in [-0.15, -0.1) is 0 Å². The standard InChI is InChI=1S/C9H12N2O4/c1-4(2)10-8(12)7-6(9(13)14)5(3)15-11-7/h4H,1-3H3,(H,10,12)(H,13,14). The maximum absolute atomic E-state index is 11.5. The lowest BCUT2D eigenvalue weighted by atomic mass is 10.2. The second-order valence-electron chi connectivity index (χ2n) is 3.40. The summed E-state index contributed by atoms with van der Waals surface area (Å²) in [6, 6.07) is -0.0869. The first-order valence-electron chi connectivity index (χ1n) is 4.44. The number of aromatic carboxylic acids is 1. The SMILES string of the molecule is Cc1onc(C(=O)NC(C)C)c1C(=O)O. The molecule has 1 heterocycles. The highest BCUT2D eigenvalue weighted by Gasteiger charge is 2.25. The Labute approximate surface area is 86.3 Å². The quantitative estimate of drug-likeness (QED) is 0.773. The first-order valence-corrected chi connectivity index (χ1v) is 4.44. The first kappa shape index (κ1) is 11.2. The van der Waals surface area contributed by atoms with Gasteiger partial charge >= 0.3 is 5.97 Å². The molecule has 2 N–H and O–H groups in total. The van der Waals surface area contributed by atoms with Crippen LogP contribution in [0.4, 0.5) is 0 Å². The molecule has 0 saturated carbocycles. The molecule has 0 fully saturated rings. The summed E-state index contributed by atoms with van der Waals surface area (Å²) >= 11 is 0. The van der Waals surface area contributed by atoms with E-state index in [2.05, 4.69) is 15.0 Å². The molecule has 15 heavy (non-hydrogen) atoms. The topological polar surface area (TPSA) is 92.4 Å². The Balaban J connectivity index is 3.04. The number of rotatable bonds is 3. The van der Waals surface area contributed by atoms with Crippen LogP contribution in [0, 0.1) is 6.92 Å². The molecule has 0 spiro atoms. The summed E-state index contributed by atoms with van der Waals surface area (Å²) in [4.78, 5) is 22.3. The summed E-state index contributed by atoms with van der Waals surface area (Å²) < 4.78 is 4.67. The third kappa shape index (κ3) is 2.34. The lowest BCUT2D eigenvalue weighted by Crippen LogP contribution is -2.31. The predicted molar refractivity (Wildman–Crippen MR) is 50.8 cm³/mol. The van der Waals surface area contributed by atoms with Crippen molar-refractivity contribution >= 4 is 11.9 Å². The van der Waals surface area contributed by atoms with Crippen LogP contribution in [0.1, 0.15) is 40.5 Å². The summed E-state index contributed by atoms with van der Waals surface area (Å²) in [6.45, 7) is 4.99. The van der Waals surface area contributed by atoms with Crippen LogP contribution in [0.25, 0.3) is 0 Å². The fourth-order valence-corrected chi connectivity index (χ4v) is 1.11. The second kappa shape index (κ2) is 4.12. The number of nitrogens with zero attached hydrogens (tertiary/aromatic N) is 1. The van der Waals surface area contributed by atoms with Crippen molar-refractivity contribution in [2.75, 3.05) is 0 Å². The molecule has 0 aliphatic heterocycles. The lowest BCUT2D eigenvalue weighted by molar-refractivity contribution is 0.0689. The van der Waals surface area contributed by atoms with Gasteiger partial charge in [0.1, 0.15) is 11.3 Å². The van der Waals surface area contributed by atoms with E-state index in [9.17, 15) is 9.59 Å². The van der Waals surface area contributed by atoms with Crippen molar-refractivity contribution in [1.29, 1.82) is 0 Å². The summed E-state index contributed by atoms with van der Waals surface area (Å²) in [6.07, 6.45) is 0. The summed E-state index contributed by atoms with van der Waals surface area (Å²) in [5, 5.41) is 14.8. The zero-order chi connectivity index (χ0) is 11.6. The molecule has 6 nitrogen and oxygen atoms in total. The molecule has 1 aromatic rings. The maximum Gasteiger partial charge on any atom is 0.341 e. The summed E-state index contributed by atoms with van der Waals surface area (Å²) in [5.74, 6) is -1.64. The van der Waals surface area contributed by atoms with Gasteiger partial charge in [0.2, 0.25) is 0 Å². The van der Waals surface area contributed by atoms with Crippen molar-refractivity contribution in [1.82, 2.24) is 10.5 Å². The Morgan fingerprint density at radius 1 is 1.47 bits per heavy atom. The zero-order valence-corrected chi connectivity index (χ0v) is 8.70. The van der Waals surface area contributed by atoms with Crippen molar-refractivity contribution in [2.24, 2.45) is 0 Å². The molecule has 0 bridgehead atoms. The van der Waals surface area contributed by atoms with Gasteiger partial charge in [0.05, 0.1) is 0 Å². The molecule has 1 amide bonds. The van der Waals surface area contributed by atoms with E-state index in [-0.39, 0.29) is 23.1 Å². The van der Waals surface area contributed by atoms with E-state index < -0.39 is 11.9 Å². The van der Waals surface area contributed by atoms with Crippen LogP contribution in [0.5, 0.6) is 0 Å². The number of carboxylic acids is 1. The molecule has 0 radical (unpaired) electrons. The van der Waals surface area contributed by atoms with Crippen molar-refractivity contribution < 1.29 is 19.2 Å². The van der Waals surface area contributed by atoms with E-state index in [4.69, 9.17) is 5.11 Å². The van der Waals surface area contributed by atoms with Crippen molar-refractivity contribution in [3.63, 3.8) is 0 Å². The highest BCUT2D eigenvalue weighted by atomic mass is 16.5. The number of aromatic nitrogens is 1. The number of aryl methyl sites for hydroxylation is 1. The van der Waals surface area contributed by atoms with E-state index in [1.165, 1.54) is 6.92 Å². The van der Waals surface area contributed by atoms with Gasteiger partial charge in [-0.05, 0) is 20.8 Å². The van der Waals surface area contributed by atoms with Crippen LogP contribution in [0.2, 0.25) is 0 Å². The smallest absolute Gasteiger partial charge is 0.341 e. The maximum atomic E-state index is 11.5. The third-order valence-electron chi connectivity index (χ3n) is 1.71. The molecule has 1 rings (SSSR count). The third-order valence-corrected chi connectivity index (χ3v) is 1.71. The average molecular weight is 212 g/mol. The minimum absolute atomic E-state index is 0.0869. The normalized spacial score (nSPS) is 10.4. The number of carbonyl (C=O) groups excluding carboxylic acids is 1. The van der Waals surface area contributed by atoms with Crippen molar-refractivity contribution in [3.8, 4) is 0 Å². The molecular formula is C9H12N2O4. The summed E-state index contributed by atoms with van der Waals surface area (Å²) in [5.41, 5.74) is -0.373. The molecule has 0 aliphatic carbocycles. The van der Waals surface area contributed by atoms with Crippen LogP contribution in [-0.4, -0.2) is 28.2 Å². The van der Waals surface area contributed by atoms with Crippen LogP contribution in [-0.2, 0) is 0 Å².